The first kappa shape index (κ1) is 19.4. The van der Waals surface area contributed by atoms with Crippen molar-refractivity contribution in [3.8, 4) is 0 Å². The monoisotopic (exact) mass is 395 g/mol. The maximum Gasteiger partial charge on any atom is 0.338 e. The van der Waals surface area contributed by atoms with Crippen molar-refractivity contribution in [2.75, 3.05) is 16.8 Å². The molecule has 2 aromatic rings. The summed E-state index contributed by atoms with van der Waals surface area (Å²) in [4.78, 5) is 58.6. The average Bonchev–Trinajstić information content (AvgIpc) is 3.04. The third kappa shape index (κ3) is 4.50. The molecule has 10 heteroatoms. The van der Waals surface area contributed by atoms with E-state index in [0.29, 0.717) is 0 Å². The fourth-order valence-corrected chi connectivity index (χ4v) is 2.54. The molecule has 0 bridgehead atoms. The molecule has 0 radical (unpaired) electrons. The van der Waals surface area contributed by atoms with Crippen molar-refractivity contribution >= 4 is 40.8 Å². The van der Waals surface area contributed by atoms with Crippen LogP contribution < -0.4 is 10.2 Å². The molecule has 1 aliphatic heterocycles. The summed E-state index contributed by atoms with van der Waals surface area (Å²) in [6, 6.07) is 10.9. The van der Waals surface area contributed by atoms with Crippen LogP contribution in [0.4, 0.5) is 17.1 Å². The van der Waals surface area contributed by atoms with E-state index < -0.39 is 35.2 Å². The summed E-state index contributed by atoms with van der Waals surface area (Å²) in [5.41, 5.74) is 0.219. The van der Waals surface area contributed by atoms with E-state index in [4.69, 9.17) is 4.74 Å². The summed E-state index contributed by atoms with van der Waals surface area (Å²) in [6.45, 7) is -0.630. The summed E-state index contributed by atoms with van der Waals surface area (Å²) in [5.74, 6) is -2.59. The Kier molecular flexibility index (Phi) is 5.44. The highest BCUT2D eigenvalue weighted by molar-refractivity contribution is 6.28. The number of hydrogen-bond acceptors (Lipinski definition) is 7. The molecule has 10 nitrogen and oxygen atoms in total. The number of amides is 3. The van der Waals surface area contributed by atoms with Gasteiger partial charge in [-0.2, -0.15) is 0 Å². The highest BCUT2D eigenvalue weighted by atomic mass is 16.6. The maximum atomic E-state index is 12.2. The molecule has 0 saturated carbocycles. The Morgan fingerprint density at radius 3 is 2.41 bits per heavy atom. The Hall–Kier alpha value is -4.34. The molecule has 0 aliphatic carbocycles. The molecule has 146 valence electrons. The highest BCUT2D eigenvalue weighted by Crippen LogP contribution is 2.21. The van der Waals surface area contributed by atoms with Crippen molar-refractivity contribution in [3.05, 3.63) is 76.4 Å². The van der Waals surface area contributed by atoms with Gasteiger partial charge in [-0.25, -0.2) is 9.69 Å². The van der Waals surface area contributed by atoms with E-state index in [1.807, 2.05) is 0 Å². The number of nitro benzene ring substituents is 1. The Balaban J connectivity index is 1.61. The van der Waals surface area contributed by atoms with Gasteiger partial charge in [0.25, 0.3) is 23.4 Å². The summed E-state index contributed by atoms with van der Waals surface area (Å²) in [6.07, 6.45) is 2.23. The minimum Gasteiger partial charge on any atom is -0.452 e. The van der Waals surface area contributed by atoms with Crippen LogP contribution in [0.5, 0.6) is 0 Å². The number of carbonyl (C=O) groups excluding carboxylic acids is 4. The molecule has 1 N–H and O–H groups in total. The number of nitrogens with zero attached hydrogens (tertiary/aromatic N) is 2. The first-order valence-corrected chi connectivity index (χ1v) is 8.23. The first-order chi connectivity index (χ1) is 13.8. The van der Waals surface area contributed by atoms with Gasteiger partial charge in [0.1, 0.15) is 0 Å². The molecule has 0 saturated heterocycles. The smallest absolute Gasteiger partial charge is 0.338 e. The van der Waals surface area contributed by atoms with Crippen LogP contribution in [0.15, 0.2) is 60.7 Å². The van der Waals surface area contributed by atoms with Gasteiger partial charge < -0.3 is 10.1 Å². The predicted octanol–water partition coefficient (Wildman–Crippen LogP) is 1.82. The number of nitro groups is 1. The minimum atomic E-state index is -0.840. The van der Waals surface area contributed by atoms with E-state index in [1.54, 1.807) is 0 Å². The molecule has 0 atom stereocenters. The van der Waals surface area contributed by atoms with Crippen LogP contribution in [0.2, 0.25) is 0 Å². The summed E-state index contributed by atoms with van der Waals surface area (Å²) >= 11 is 0. The van der Waals surface area contributed by atoms with E-state index in [-0.39, 0.29) is 22.6 Å². The molecule has 29 heavy (non-hydrogen) atoms. The molecular formula is C19H13N3O7. The molecule has 0 aromatic heterocycles. The fourth-order valence-electron chi connectivity index (χ4n) is 2.54. The molecule has 2 aromatic carbocycles. The SMILES string of the molecule is O=C(COC(=O)c1cccc(N2C(=O)C=CC2=O)c1)Nc1cccc([N+](=O)[O-])c1. The van der Waals surface area contributed by atoms with Gasteiger partial charge in [-0.3, -0.25) is 24.5 Å². The van der Waals surface area contributed by atoms with Gasteiger partial charge in [0.15, 0.2) is 6.61 Å². The minimum absolute atomic E-state index is 0.0400. The zero-order valence-corrected chi connectivity index (χ0v) is 14.7. The zero-order chi connectivity index (χ0) is 21.0. The lowest BCUT2D eigenvalue weighted by atomic mass is 10.2. The average molecular weight is 395 g/mol. The molecule has 0 unspecified atom stereocenters. The summed E-state index contributed by atoms with van der Waals surface area (Å²) in [7, 11) is 0. The summed E-state index contributed by atoms with van der Waals surface area (Å²) in [5, 5.41) is 13.1. The van der Waals surface area contributed by atoms with Crippen LogP contribution in [0.1, 0.15) is 10.4 Å². The number of nitrogens with one attached hydrogen (secondary N) is 1. The molecule has 1 heterocycles. The quantitative estimate of drug-likeness (QED) is 0.341. The largest absolute Gasteiger partial charge is 0.452 e. The Morgan fingerprint density at radius 2 is 1.72 bits per heavy atom. The van der Waals surface area contributed by atoms with Gasteiger partial charge in [0, 0.05) is 30.0 Å². The first-order valence-electron chi connectivity index (χ1n) is 8.23. The van der Waals surface area contributed by atoms with Crippen molar-refractivity contribution < 1.29 is 28.8 Å². The van der Waals surface area contributed by atoms with Crippen LogP contribution in [0.3, 0.4) is 0 Å². The van der Waals surface area contributed by atoms with Crippen molar-refractivity contribution in [2.24, 2.45) is 0 Å². The highest BCUT2D eigenvalue weighted by Gasteiger charge is 2.25. The number of ether oxygens (including phenoxy) is 1. The van der Waals surface area contributed by atoms with Gasteiger partial charge in [0.2, 0.25) is 0 Å². The van der Waals surface area contributed by atoms with E-state index in [2.05, 4.69) is 5.32 Å². The van der Waals surface area contributed by atoms with Gasteiger partial charge in [-0.1, -0.05) is 12.1 Å². The van der Waals surface area contributed by atoms with Crippen molar-refractivity contribution in [2.45, 2.75) is 0 Å². The molecule has 0 fully saturated rings. The second kappa shape index (κ2) is 8.13. The third-order valence-electron chi connectivity index (χ3n) is 3.82. The predicted molar refractivity (Wildman–Crippen MR) is 100 cm³/mol. The van der Waals surface area contributed by atoms with E-state index in [9.17, 15) is 29.3 Å². The standard InChI is InChI=1S/C19H13N3O7/c23-16(20-13-4-2-6-15(10-13)22(27)28)11-29-19(26)12-3-1-5-14(9-12)21-17(24)7-8-18(21)25/h1-10H,11H2,(H,20,23). The van der Waals surface area contributed by atoms with Crippen molar-refractivity contribution in [3.63, 3.8) is 0 Å². The second-order valence-electron chi connectivity index (χ2n) is 5.83. The lowest BCUT2D eigenvalue weighted by molar-refractivity contribution is -0.384. The zero-order valence-electron chi connectivity index (χ0n) is 14.7. The van der Waals surface area contributed by atoms with E-state index in [0.717, 1.165) is 17.1 Å². The van der Waals surface area contributed by atoms with E-state index in [1.165, 1.54) is 48.5 Å². The number of hydrogen-bond donors (Lipinski definition) is 1. The Bertz CT molecular complexity index is 1040. The topological polar surface area (TPSA) is 136 Å². The van der Waals surface area contributed by atoms with Crippen LogP contribution in [-0.2, 0) is 19.1 Å². The summed E-state index contributed by atoms with van der Waals surface area (Å²) < 4.78 is 4.92. The number of non-ortho nitro benzene ring substituents is 1. The Labute approximate surface area is 163 Å². The van der Waals surface area contributed by atoms with Gasteiger partial charge in [-0.15, -0.1) is 0 Å². The lowest BCUT2D eigenvalue weighted by Crippen LogP contribution is -2.29. The molecule has 0 spiro atoms. The number of carbonyl (C=O) groups is 4. The maximum absolute atomic E-state index is 12.2. The molecule has 3 amide bonds. The number of anilines is 2. The van der Waals surface area contributed by atoms with Crippen LogP contribution in [0.25, 0.3) is 0 Å². The van der Waals surface area contributed by atoms with Crippen molar-refractivity contribution in [1.29, 1.82) is 0 Å². The molecular weight excluding hydrogens is 382 g/mol. The fraction of sp³-hybridized carbons (Fsp3) is 0.0526. The lowest BCUT2D eigenvalue weighted by Gasteiger charge is -2.14. The van der Waals surface area contributed by atoms with Crippen molar-refractivity contribution in [1.82, 2.24) is 0 Å². The molecule has 3 rings (SSSR count). The van der Waals surface area contributed by atoms with E-state index >= 15 is 0 Å². The Morgan fingerprint density at radius 1 is 1.03 bits per heavy atom. The van der Waals surface area contributed by atoms with Gasteiger partial charge in [0.05, 0.1) is 16.2 Å². The second-order valence-corrected chi connectivity index (χ2v) is 5.83. The van der Waals surface area contributed by atoms with Crippen LogP contribution in [-0.4, -0.2) is 35.2 Å². The van der Waals surface area contributed by atoms with Gasteiger partial charge in [-0.05, 0) is 24.3 Å². The van der Waals surface area contributed by atoms with Crippen LogP contribution >= 0.6 is 0 Å². The molecule has 1 aliphatic rings. The number of imide groups is 1. The van der Waals surface area contributed by atoms with Gasteiger partial charge >= 0.3 is 5.97 Å². The normalized spacial score (nSPS) is 12.8. The van der Waals surface area contributed by atoms with Crippen LogP contribution in [0, 0.1) is 10.1 Å². The number of rotatable bonds is 6. The number of esters is 1. The third-order valence-corrected chi connectivity index (χ3v) is 3.82. The number of benzene rings is 2.